The highest BCUT2D eigenvalue weighted by molar-refractivity contribution is 5.85. The second-order valence-corrected chi connectivity index (χ2v) is 3.16. The van der Waals surface area contributed by atoms with Gasteiger partial charge < -0.3 is 9.84 Å². The molecule has 0 amide bonds. The summed E-state index contributed by atoms with van der Waals surface area (Å²) in [5, 5.41) is 8.41. The van der Waals surface area contributed by atoms with E-state index in [0.717, 1.165) is 6.08 Å². The van der Waals surface area contributed by atoms with Gasteiger partial charge in [0.25, 0.3) is 0 Å². The van der Waals surface area contributed by atoms with E-state index in [-0.39, 0.29) is 12.4 Å². The maximum absolute atomic E-state index is 13.4. The van der Waals surface area contributed by atoms with E-state index in [0.29, 0.717) is 17.7 Å². The van der Waals surface area contributed by atoms with Crippen LogP contribution < -0.4 is 0 Å². The van der Waals surface area contributed by atoms with Crippen LogP contribution in [-0.2, 0) is 16.1 Å². The van der Waals surface area contributed by atoms with Crippen LogP contribution in [0.2, 0.25) is 0 Å². The third-order valence-corrected chi connectivity index (χ3v) is 1.96. The number of hydrogen-bond acceptors (Lipinski definition) is 2. The lowest BCUT2D eigenvalue weighted by molar-refractivity contribution is -0.131. The van der Waals surface area contributed by atoms with E-state index in [1.807, 2.05) is 6.92 Å². The Balaban J connectivity index is 2.78. The first-order valence-corrected chi connectivity index (χ1v) is 4.90. The normalized spacial score (nSPS) is 10.9. The zero-order valence-corrected chi connectivity index (χ0v) is 8.94. The van der Waals surface area contributed by atoms with Crippen LogP contribution in [0.15, 0.2) is 24.3 Å². The SMILES string of the molecule is CCOCc1ccc(C=CC(=O)O)cc1F. The molecule has 4 heteroatoms. The van der Waals surface area contributed by atoms with Gasteiger partial charge in [-0.3, -0.25) is 0 Å². The molecule has 0 saturated carbocycles. The molecule has 1 N–H and O–H groups in total. The largest absolute Gasteiger partial charge is 0.478 e. The Kier molecular flexibility index (Phi) is 4.66. The van der Waals surface area contributed by atoms with Gasteiger partial charge in [0.15, 0.2) is 0 Å². The van der Waals surface area contributed by atoms with Crippen molar-refractivity contribution in [2.24, 2.45) is 0 Å². The number of hydrogen-bond donors (Lipinski definition) is 1. The highest BCUT2D eigenvalue weighted by atomic mass is 19.1. The minimum absolute atomic E-state index is 0.227. The smallest absolute Gasteiger partial charge is 0.328 e. The summed E-state index contributed by atoms with van der Waals surface area (Å²) < 4.78 is 18.5. The molecule has 0 radical (unpaired) electrons. The molecular weight excluding hydrogens is 211 g/mol. The summed E-state index contributed by atoms with van der Waals surface area (Å²) in [7, 11) is 0. The van der Waals surface area contributed by atoms with Crippen molar-refractivity contribution in [2.45, 2.75) is 13.5 Å². The van der Waals surface area contributed by atoms with E-state index in [1.165, 1.54) is 12.1 Å². The fourth-order valence-electron chi connectivity index (χ4n) is 1.16. The van der Waals surface area contributed by atoms with Crippen LogP contribution in [0.25, 0.3) is 6.08 Å². The predicted octanol–water partition coefficient (Wildman–Crippen LogP) is 2.46. The van der Waals surface area contributed by atoms with E-state index in [2.05, 4.69) is 0 Å². The van der Waals surface area contributed by atoms with E-state index in [9.17, 15) is 9.18 Å². The Morgan fingerprint density at radius 1 is 1.56 bits per heavy atom. The first kappa shape index (κ1) is 12.4. The minimum Gasteiger partial charge on any atom is -0.478 e. The lowest BCUT2D eigenvalue weighted by Crippen LogP contribution is -1.96. The summed E-state index contributed by atoms with van der Waals surface area (Å²) in [6.45, 7) is 2.59. The number of aliphatic carboxylic acids is 1. The molecule has 1 rings (SSSR count). The van der Waals surface area contributed by atoms with Crippen molar-refractivity contribution in [1.29, 1.82) is 0 Å². The molecule has 0 saturated heterocycles. The molecule has 16 heavy (non-hydrogen) atoms. The summed E-state index contributed by atoms with van der Waals surface area (Å²) in [6, 6.07) is 4.52. The maximum Gasteiger partial charge on any atom is 0.328 e. The van der Waals surface area contributed by atoms with Gasteiger partial charge in [-0.1, -0.05) is 12.1 Å². The summed E-state index contributed by atoms with van der Waals surface area (Å²) in [4.78, 5) is 10.3. The van der Waals surface area contributed by atoms with Gasteiger partial charge in [-0.2, -0.15) is 0 Å². The van der Waals surface area contributed by atoms with Gasteiger partial charge in [0.05, 0.1) is 6.61 Å². The molecule has 0 aliphatic rings. The highest BCUT2D eigenvalue weighted by Crippen LogP contribution is 2.12. The van der Waals surface area contributed by atoms with Crippen molar-refractivity contribution in [3.05, 3.63) is 41.2 Å². The van der Waals surface area contributed by atoms with Crippen LogP contribution in [0.1, 0.15) is 18.1 Å². The number of rotatable bonds is 5. The molecule has 0 atom stereocenters. The predicted molar refractivity (Wildman–Crippen MR) is 58.4 cm³/mol. The molecular formula is C12H13FO3. The molecule has 1 aromatic rings. The van der Waals surface area contributed by atoms with Crippen LogP contribution >= 0.6 is 0 Å². The average Bonchev–Trinajstić information content (AvgIpc) is 2.25. The monoisotopic (exact) mass is 224 g/mol. The van der Waals surface area contributed by atoms with E-state index in [1.54, 1.807) is 12.1 Å². The molecule has 0 spiro atoms. The number of carboxylic acids is 1. The molecule has 1 aromatic carbocycles. The number of benzene rings is 1. The Hall–Kier alpha value is -1.68. The van der Waals surface area contributed by atoms with Gasteiger partial charge in [-0.25, -0.2) is 9.18 Å². The molecule has 3 nitrogen and oxygen atoms in total. The van der Waals surface area contributed by atoms with E-state index >= 15 is 0 Å². The zero-order chi connectivity index (χ0) is 12.0. The average molecular weight is 224 g/mol. The fraction of sp³-hybridized carbons (Fsp3) is 0.250. The Morgan fingerprint density at radius 2 is 2.31 bits per heavy atom. The topological polar surface area (TPSA) is 46.5 Å². The van der Waals surface area contributed by atoms with Crippen molar-refractivity contribution >= 4 is 12.0 Å². The van der Waals surface area contributed by atoms with Gasteiger partial charge in [0.2, 0.25) is 0 Å². The summed E-state index contributed by atoms with van der Waals surface area (Å²) in [5.74, 6) is -1.44. The van der Waals surface area contributed by atoms with Gasteiger partial charge >= 0.3 is 5.97 Å². The molecule has 86 valence electrons. The lowest BCUT2D eigenvalue weighted by atomic mass is 10.1. The van der Waals surface area contributed by atoms with Crippen molar-refractivity contribution in [3.63, 3.8) is 0 Å². The van der Waals surface area contributed by atoms with Gasteiger partial charge in [0.1, 0.15) is 5.82 Å². The lowest BCUT2D eigenvalue weighted by Gasteiger charge is -2.03. The molecule has 0 aromatic heterocycles. The molecule has 0 bridgehead atoms. The minimum atomic E-state index is -1.06. The van der Waals surface area contributed by atoms with Crippen molar-refractivity contribution in [2.75, 3.05) is 6.61 Å². The molecule has 0 unspecified atom stereocenters. The van der Waals surface area contributed by atoms with E-state index in [4.69, 9.17) is 9.84 Å². The van der Waals surface area contributed by atoms with Gasteiger partial charge in [0, 0.05) is 18.2 Å². The van der Waals surface area contributed by atoms with Gasteiger partial charge in [-0.05, 0) is 24.6 Å². The first-order valence-electron chi connectivity index (χ1n) is 4.90. The molecule has 0 aliphatic heterocycles. The summed E-state index contributed by atoms with van der Waals surface area (Å²) in [6.07, 6.45) is 2.31. The molecule has 0 heterocycles. The van der Waals surface area contributed by atoms with Crippen LogP contribution in [0.3, 0.4) is 0 Å². The van der Waals surface area contributed by atoms with Crippen LogP contribution in [-0.4, -0.2) is 17.7 Å². The molecule has 0 fully saturated rings. The second-order valence-electron chi connectivity index (χ2n) is 3.16. The number of carboxylic acid groups (broad SMARTS) is 1. The van der Waals surface area contributed by atoms with Crippen LogP contribution in [0.5, 0.6) is 0 Å². The third-order valence-electron chi connectivity index (χ3n) is 1.96. The second kappa shape index (κ2) is 6.02. The standard InChI is InChI=1S/C12H13FO3/c1-2-16-8-10-5-3-9(7-11(10)13)4-6-12(14)15/h3-7H,2,8H2,1H3,(H,14,15). The highest BCUT2D eigenvalue weighted by Gasteiger charge is 2.02. The van der Waals surface area contributed by atoms with Gasteiger partial charge in [-0.15, -0.1) is 0 Å². The number of ether oxygens (including phenoxy) is 1. The fourth-order valence-corrected chi connectivity index (χ4v) is 1.16. The van der Waals surface area contributed by atoms with E-state index < -0.39 is 5.97 Å². The zero-order valence-electron chi connectivity index (χ0n) is 8.94. The number of halogens is 1. The Morgan fingerprint density at radius 3 is 2.88 bits per heavy atom. The molecule has 0 aliphatic carbocycles. The Bertz CT molecular complexity index is 399. The number of carbonyl (C=O) groups is 1. The maximum atomic E-state index is 13.4. The first-order chi connectivity index (χ1) is 7.63. The van der Waals surface area contributed by atoms with Crippen molar-refractivity contribution < 1.29 is 19.0 Å². The summed E-state index contributed by atoms with van der Waals surface area (Å²) >= 11 is 0. The third kappa shape index (κ3) is 3.82. The summed E-state index contributed by atoms with van der Waals surface area (Å²) in [5.41, 5.74) is 0.981. The quantitative estimate of drug-likeness (QED) is 0.781. The van der Waals surface area contributed by atoms with Crippen LogP contribution in [0, 0.1) is 5.82 Å². The Labute approximate surface area is 93.2 Å². The van der Waals surface area contributed by atoms with Crippen molar-refractivity contribution in [3.8, 4) is 0 Å². The van der Waals surface area contributed by atoms with Crippen molar-refractivity contribution in [1.82, 2.24) is 0 Å². The van der Waals surface area contributed by atoms with Crippen LogP contribution in [0.4, 0.5) is 4.39 Å².